The van der Waals surface area contributed by atoms with Gasteiger partial charge in [-0.25, -0.2) is 0 Å². The van der Waals surface area contributed by atoms with Gasteiger partial charge in [-0.05, 0) is 30.4 Å². The third kappa shape index (κ3) is 4.43. The van der Waals surface area contributed by atoms with Crippen molar-refractivity contribution >= 4 is 23.2 Å². The SMILES string of the molecule is Cc1cccc(C[C@@H](CNC(=O)c2cccs2)C(=O)O)c1. The Kier molecular flexibility index (Phi) is 5.11. The minimum absolute atomic E-state index is 0.125. The first-order chi connectivity index (χ1) is 10.1. The van der Waals surface area contributed by atoms with Gasteiger partial charge in [0.05, 0.1) is 10.8 Å². The number of carbonyl (C=O) groups excluding carboxylic acids is 1. The van der Waals surface area contributed by atoms with Crippen LogP contribution in [-0.2, 0) is 11.2 Å². The van der Waals surface area contributed by atoms with Crippen molar-refractivity contribution in [3.8, 4) is 0 Å². The molecule has 0 saturated heterocycles. The highest BCUT2D eigenvalue weighted by Gasteiger charge is 2.19. The molecule has 0 spiro atoms. The quantitative estimate of drug-likeness (QED) is 0.862. The van der Waals surface area contributed by atoms with E-state index in [0.29, 0.717) is 11.3 Å². The third-order valence-corrected chi connectivity index (χ3v) is 4.04. The zero-order valence-corrected chi connectivity index (χ0v) is 12.5. The molecule has 21 heavy (non-hydrogen) atoms. The Bertz CT molecular complexity index is 622. The second-order valence-electron chi connectivity index (χ2n) is 4.92. The lowest BCUT2D eigenvalue weighted by Crippen LogP contribution is -2.33. The van der Waals surface area contributed by atoms with E-state index >= 15 is 0 Å². The molecule has 1 atom stereocenters. The van der Waals surface area contributed by atoms with Crippen LogP contribution in [0.5, 0.6) is 0 Å². The molecule has 2 aromatic rings. The van der Waals surface area contributed by atoms with Crippen LogP contribution in [0.1, 0.15) is 20.8 Å². The van der Waals surface area contributed by atoms with Gasteiger partial charge in [0, 0.05) is 6.54 Å². The number of hydrogen-bond acceptors (Lipinski definition) is 3. The number of aryl methyl sites for hydroxylation is 1. The first kappa shape index (κ1) is 15.3. The summed E-state index contributed by atoms with van der Waals surface area (Å²) in [5.41, 5.74) is 2.06. The van der Waals surface area contributed by atoms with Gasteiger partial charge < -0.3 is 10.4 Å². The Morgan fingerprint density at radius 1 is 1.29 bits per heavy atom. The topological polar surface area (TPSA) is 66.4 Å². The van der Waals surface area contributed by atoms with E-state index in [0.717, 1.165) is 11.1 Å². The number of amides is 1. The van der Waals surface area contributed by atoms with E-state index in [4.69, 9.17) is 0 Å². The molecule has 0 unspecified atom stereocenters. The van der Waals surface area contributed by atoms with Crippen molar-refractivity contribution in [1.82, 2.24) is 5.32 Å². The summed E-state index contributed by atoms with van der Waals surface area (Å²) >= 11 is 1.34. The van der Waals surface area contributed by atoms with Crippen LogP contribution in [0.3, 0.4) is 0 Å². The van der Waals surface area contributed by atoms with E-state index in [1.165, 1.54) is 11.3 Å². The van der Waals surface area contributed by atoms with E-state index in [1.54, 1.807) is 12.1 Å². The Morgan fingerprint density at radius 2 is 2.10 bits per heavy atom. The van der Waals surface area contributed by atoms with Crippen molar-refractivity contribution < 1.29 is 14.7 Å². The normalized spacial score (nSPS) is 11.9. The summed E-state index contributed by atoms with van der Waals surface area (Å²) in [4.78, 5) is 23.8. The lowest BCUT2D eigenvalue weighted by atomic mass is 9.98. The maximum atomic E-state index is 11.8. The minimum Gasteiger partial charge on any atom is -0.481 e. The zero-order valence-electron chi connectivity index (χ0n) is 11.7. The number of rotatable bonds is 6. The van der Waals surface area contributed by atoms with Crippen LogP contribution in [0.4, 0.5) is 0 Å². The Balaban J connectivity index is 1.96. The summed E-state index contributed by atoms with van der Waals surface area (Å²) in [6.07, 6.45) is 0.404. The first-order valence-corrected chi connectivity index (χ1v) is 7.54. The van der Waals surface area contributed by atoms with E-state index in [2.05, 4.69) is 5.32 Å². The maximum Gasteiger partial charge on any atom is 0.308 e. The molecule has 4 nitrogen and oxygen atoms in total. The average molecular weight is 303 g/mol. The van der Waals surface area contributed by atoms with Crippen molar-refractivity contribution in [2.24, 2.45) is 5.92 Å². The van der Waals surface area contributed by atoms with E-state index in [-0.39, 0.29) is 12.5 Å². The first-order valence-electron chi connectivity index (χ1n) is 6.66. The Morgan fingerprint density at radius 3 is 2.71 bits per heavy atom. The molecule has 5 heteroatoms. The predicted molar refractivity (Wildman–Crippen MR) is 82.7 cm³/mol. The molecule has 2 rings (SSSR count). The molecule has 0 radical (unpaired) electrons. The Hall–Kier alpha value is -2.14. The Labute approximate surface area is 127 Å². The van der Waals surface area contributed by atoms with Gasteiger partial charge in [0.15, 0.2) is 0 Å². The maximum absolute atomic E-state index is 11.8. The smallest absolute Gasteiger partial charge is 0.308 e. The second-order valence-corrected chi connectivity index (χ2v) is 5.86. The van der Waals surface area contributed by atoms with Crippen molar-refractivity contribution in [2.45, 2.75) is 13.3 Å². The fraction of sp³-hybridized carbons (Fsp3) is 0.250. The second kappa shape index (κ2) is 7.04. The van der Waals surface area contributed by atoms with Gasteiger partial charge in [-0.1, -0.05) is 35.9 Å². The third-order valence-electron chi connectivity index (χ3n) is 3.17. The number of carboxylic acids is 1. The van der Waals surface area contributed by atoms with Gasteiger partial charge in [-0.2, -0.15) is 0 Å². The molecule has 0 aliphatic rings. The van der Waals surface area contributed by atoms with Crippen LogP contribution >= 0.6 is 11.3 Å². The molecule has 1 heterocycles. The van der Waals surface area contributed by atoms with E-state index in [1.807, 2.05) is 36.6 Å². The van der Waals surface area contributed by atoms with Crippen molar-refractivity contribution in [3.63, 3.8) is 0 Å². The van der Waals surface area contributed by atoms with Crippen LogP contribution in [0, 0.1) is 12.8 Å². The average Bonchev–Trinajstić information content (AvgIpc) is 2.97. The molecule has 0 aliphatic carbocycles. The van der Waals surface area contributed by atoms with Crippen molar-refractivity contribution in [1.29, 1.82) is 0 Å². The highest BCUT2D eigenvalue weighted by Crippen LogP contribution is 2.12. The number of hydrogen-bond donors (Lipinski definition) is 2. The van der Waals surface area contributed by atoms with Gasteiger partial charge in [0.25, 0.3) is 5.91 Å². The van der Waals surface area contributed by atoms with Gasteiger partial charge in [0.1, 0.15) is 0 Å². The van der Waals surface area contributed by atoms with Crippen molar-refractivity contribution in [2.75, 3.05) is 6.54 Å². The minimum atomic E-state index is -0.900. The lowest BCUT2D eigenvalue weighted by molar-refractivity contribution is -0.141. The molecule has 110 valence electrons. The van der Waals surface area contributed by atoms with Crippen LogP contribution < -0.4 is 5.32 Å². The molecule has 1 amide bonds. The number of carbonyl (C=O) groups is 2. The molecule has 1 aromatic heterocycles. The number of aliphatic carboxylic acids is 1. The van der Waals surface area contributed by atoms with Gasteiger partial charge in [-0.15, -0.1) is 11.3 Å². The largest absolute Gasteiger partial charge is 0.481 e. The summed E-state index contributed by atoms with van der Waals surface area (Å²) in [6, 6.07) is 11.3. The molecular formula is C16H17NO3S. The van der Waals surface area contributed by atoms with Crippen LogP contribution in [-0.4, -0.2) is 23.5 Å². The van der Waals surface area contributed by atoms with Gasteiger partial charge >= 0.3 is 5.97 Å². The van der Waals surface area contributed by atoms with Crippen LogP contribution in [0.2, 0.25) is 0 Å². The van der Waals surface area contributed by atoms with Crippen molar-refractivity contribution in [3.05, 3.63) is 57.8 Å². The summed E-state index contributed by atoms with van der Waals surface area (Å²) in [5, 5.41) is 13.8. The summed E-state index contributed by atoms with van der Waals surface area (Å²) in [7, 11) is 0. The van der Waals surface area contributed by atoms with Crippen LogP contribution in [0.15, 0.2) is 41.8 Å². The zero-order chi connectivity index (χ0) is 15.2. The highest BCUT2D eigenvalue weighted by molar-refractivity contribution is 7.12. The molecule has 0 aliphatic heterocycles. The molecule has 1 aromatic carbocycles. The van der Waals surface area contributed by atoms with E-state index < -0.39 is 11.9 Å². The van der Waals surface area contributed by atoms with Gasteiger partial charge in [0.2, 0.25) is 0 Å². The van der Waals surface area contributed by atoms with Crippen LogP contribution in [0.25, 0.3) is 0 Å². The van der Waals surface area contributed by atoms with E-state index in [9.17, 15) is 14.7 Å². The summed E-state index contributed by atoms with van der Waals surface area (Å²) in [6.45, 7) is 2.10. The standard InChI is InChI=1S/C16H17NO3S/c1-11-4-2-5-12(8-11)9-13(16(19)20)10-17-15(18)14-6-3-7-21-14/h2-8,13H,9-10H2,1H3,(H,17,18)(H,19,20)/t13-/m0/s1. The summed E-state index contributed by atoms with van der Waals surface area (Å²) < 4.78 is 0. The number of nitrogens with one attached hydrogen (secondary N) is 1. The molecule has 0 bridgehead atoms. The monoisotopic (exact) mass is 303 g/mol. The fourth-order valence-corrected chi connectivity index (χ4v) is 2.72. The number of carboxylic acid groups (broad SMARTS) is 1. The fourth-order valence-electron chi connectivity index (χ4n) is 2.08. The summed E-state index contributed by atoms with van der Waals surface area (Å²) in [5.74, 6) is -1.75. The lowest BCUT2D eigenvalue weighted by Gasteiger charge is -2.13. The molecular weight excluding hydrogens is 286 g/mol. The number of benzene rings is 1. The molecule has 0 fully saturated rings. The van der Waals surface area contributed by atoms with Gasteiger partial charge in [-0.3, -0.25) is 9.59 Å². The number of thiophene rings is 1. The molecule has 0 saturated carbocycles. The predicted octanol–water partition coefficient (Wildman–Crippen LogP) is 2.73. The highest BCUT2D eigenvalue weighted by atomic mass is 32.1. The molecule has 2 N–H and O–H groups in total.